The highest BCUT2D eigenvalue weighted by atomic mass is 35.5. The van der Waals surface area contributed by atoms with Crippen LogP contribution in [0.25, 0.3) is 0 Å². The van der Waals surface area contributed by atoms with E-state index >= 15 is 0 Å². The lowest BCUT2D eigenvalue weighted by Crippen LogP contribution is -2.52. The van der Waals surface area contributed by atoms with E-state index in [0.717, 1.165) is 12.8 Å². The summed E-state index contributed by atoms with van der Waals surface area (Å²) in [6, 6.07) is 3.87. The fourth-order valence-electron chi connectivity index (χ4n) is 2.50. The van der Waals surface area contributed by atoms with E-state index in [1.807, 2.05) is 6.92 Å². The Hall–Kier alpha value is -1.13. The highest BCUT2D eigenvalue weighted by molar-refractivity contribution is 6.31. The van der Waals surface area contributed by atoms with E-state index in [2.05, 4.69) is 5.32 Å². The van der Waals surface area contributed by atoms with Crippen molar-refractivity contribution in [3.63, 3.8) is 0 Å². The Morgan fingerprint density at radius 2 is 2.11 bits per heavy atom. The number of nitrogens with two attached hydrogens (primary N) is 1. The van der Waals surface area contributed by atoms with Crippen molar-refractivity contribution < 1.29 is 9.18 Å². The van der Waals surface area contributed by atoms with Crippen molar-refractivity contribution in [3.8, 4) is 0 Å². The molecule has 0 heterocycles. The maximum absolute atomic E-state index is 13.0. The molecule has 19 heavy (non-hydrogen) atoms. The molecule has 104 valence electrons. The van der Waals surface area contributed by atoms with Crippen LogP contribution < -0.4 is 11.1 Å². The number of hydrogen-bond acceptors (Lipinski definition) is 2. The Kier molecular flexibility index (Phi) is 4.11. The largest absolute Gasteiger partial charge is 0.348 e. The van der Waals surface area contributed by atoms with E-state index < -0.39 is 11.4 Å². The Morgan fingerprint density at radius 1 is 1.47 bits per heavy atom. The summed E-state index contributed by atoms with van der Waals surface area (Å²) in [5.74, 6) is -0.545. The van der Waals surface area contributed by atoms with Crippen LogP contribution in [-0.2, 0) is 4.79 Å². The summed E-state index contributed by atoms with van der Waals surface area (Å²) in [7, 11) is 0. The number of nitrogens with one attached hydrogen (secondary N) is 1. The van der Waals surface area contributed by atoms with Gasteiger partial charge >= 0.3 is 0 Å². The molecule has 1 aromatic carbocycles. The van der Waals surface area contributed by atoms with Crippen molar-refractivity contribution in [1.29, 1.82) is 0 Å². The molecule has 0 radical (unpaired) electrons. The molecule has 1 saturated carbocycles. The summed E-state index contributed by atoms with van der Waals surface area (Å²) >= 11 is 5.98. The van der Waals surface area contributed by atoms with Gasteiger partial charge in [0, 0.05) is 5.02 Å². The molecule has 0 spiro atoms. The number of rotatable bonds is 3. The van der Waals surface area contributed by atoms with E-state index in [0.29, 0.717) is 23.4 Å². The minimum Gasteiger partial charge on any atom is -0.348 e. The lowest BCUT2D eigenvalue weighted by Gasteiger charge is -2.25. The van der Waals surface area contributed by atoms with Gasteiger partial charge in [0.2, 0.25) is 5.91 Å². The normalized spacial score (nSPS) is 19.2. The first kappa shape index (κ1) is 14.3. The molecular weight excluding hydrogens is 267 g/mol. The topological polar surface area (TPSA) is 55.1 Å². The van der Waals surface area contributed by atoms with E-state index in [4.69, 9.17) is 17.3 Å². The summed E-state index contributed by atoms with van der Waals surface area (Å²) in [6.07, 6.45) is 3.39. The first-order valence-corrected chi connectivity index (χ1v) is 6.85. The summed E-state index contributed by atoms with van der Waals surface area (Å²) in [4.78, 5) is 12.2. The highest BCUT2D eigenvalue weighted by Crippen LogP contribution is 2.29. The third kappa shape index (κ3) is 3.07. The third-order valence-electron chi connectivity index (χ3n) is 3.72. The Labute approximate surface area is 117 Å². The zero-order chi connectivity index (χ0) is 14.0. The number of hydrogen-bond donors (Lipinski definition) is 2. The molecule has 0 aliphatic heterocycles. The standard InChI is InChI=1S/C14H18ClFN2O/c1-9(11-5-4-10(16)8-12(11)15)18-13(19)14(17)6-2-3-7-14/h4-5,8-9H,2-3,6-7,17H2,1H3,(H,18,19). The van der Waals surface area contributed by atoms with Crippen LogP contribution in [0.5, 0.6) is 0 Å². The van der Waals surface area contributed by atoms with E-state index in [-0.39, 0.29) is 11.9 Å². The van der Waals surface area contributed by atoms with Gasteiger partial charge in [0.05, 0.1) is 11.6 Å². The van der Waals surface area contributed by atoms with Crippen molar-refractivity contribution in [3.05, 3.63) is 34.6 Å². The van der Waals surface area contributed by atoms with Gasteiger partial charge < -0.3 is 11.1 Å². The maximum Gasteiger partial charge on any atom is 0.240 e. The molecule has 1 fully saturated rings. The average molecular weight is 285 g/mol. The number of carbonyl (C=O) groups excluding carboxylic acids is 1. The van der Waals surface area contributed by atoms with E-state index in [1.165, 1.54) is 12.1 Å². The zero-order valence-corrected chi connectivity index (χ0v) is 11.6. The smallest absolute Gasteiger partial charge is 0.240 e. The van der Waals surface area contributed by atoms with E-state index in [9.17, 15) is 9.18 Å². The van der Waals surface area contributed by atoms with Crippen molar-refractivity contribution in [2.24, 2.45) is 5.73 Å². The van der Waals surface area contributed by atoms with Gasteiger partial charge in [-0.25, -0.2) is 4.39 Å². The van der Waals surface area contributed by atoms with Gasteiger partial charge in [-0.1, -0.05) is 30.5 Å². The van der Waals surface area contributed by atoms with E-state index in [1.54, 1.807) is 6.07 Å². The first-order chi connectivity index (χ1) is 8.92. The second-order valence-corrected chi connectivity index (χ2v) is 5.63. The van der Waals surface area contributed by atoms with Crippen LogP contribution in [0.3, 0.4) is 0 Å². The lowest BCUT2D eigenvalue weighted by atomic mass is 9.97. The van der Waals surface area contributed by atoms with Gasteiger partial charge in [-0.05, 0) is 37.5 Å². The van der Waals surface area contributed by atoms with Crippen LogP contribution in [0.4, 0.5) is 4.39 Å². The van der Waals surface area contributed by atoms with Gasteiger partial charge in [0.25, 0.3) is 0 Å². The monoisotopic (exact) mass is 284 g/mol. The molecule has 1 aliphatic rings. The molecule has 1 amide bonds. The predicted molar refractivity (Wildman–Crippen MR) is 73.4 cm³/mol. The fourth-order valence-corrected chi connectivity index (χ4v) is 2.83. The van der Waals surface area contributed by atoms with Gasteiger partial charge in [-0.2, -0.15) is 0 Å². The second kappa shape index (κ2) is 5.47. The van der Waals surface area contributed by atoms with Gasteiger partial charge in [0.1, 0.15) is 5.82 Å². The zero-order valence-electron chi connectivity index (χ0n) is 10.9. The second-order valence-electron chi connectivity index (χ2n) is 5.22. The summed E-state index contributed by atoms with van der Waals surface area (Å²) < 4.78 is 13.0. The lowest BCUT2D eigenvalue weighted by molar-refractivity contribution is -0.126. The highest BCUT2D eigenvalue weighted by Gasteiger charge is 2.37. The minimum absolute atomic E-state index is 0.155. The van der Waals surface area contributed by atoms with Gasteiger partial charge in [-0.3, -0.25) is 4.79 Å². The molecule has 3 nitrogen and oxygen atoms in total. The number of carbonyl (C=O) groups is 1. The van der Waals surface area contributed by atoms with Crippen LogP contribution in [0.15, 0.2) is 18.2 Å². The molecule has 0 aromatic heterocycles. The first-order valence-electron chi connectivity index (χ1n) is 6.47. The van der Waals surface area contributed by atoms with Crippen LogP contribution in [-0.4, -0.2) is 11.4 Å². The SMILES string of the molecule is CC(NC(=O)C1(N)CCCC1)c1ccc(F)cc1Cl. The van der Waals surface area contributed by atoms with Crippen LogP contribution in [0.1, 0.15) is 44.2 Å². The molecule has 5 heteroatoms. The molecule has 1 atom stereocenters. The van der Waals surface area contributed by atoms with Gasteiger partial charge in [0.15, 0.2) is 0 Å². The number of halogens is 2. The van der Waals surface area contributed by atoms with Crippen LogP contribution >= 0.6 is 11.6 Å². The predicted octanol–water partition coefficient (Wildman–Crippen LogP) is 2.93. The Morgan fingerprint density at radius 3 is 2.68 bits per heavy atom. The molecule has 3 N–H and O–H groups in total. The average Bonchev–Trinajstić information content (AvgIpc) is 2.77. The van der Waals surface area contributed by atoms with Gasteiger partial charge in [-0.15, -0.1) is 0 Å². The molecule has 0 saturated heterocycles. The molecule has 1 unspecified atom stereocenters. The summed E-state index contributed by atoms with van der Waals surface area (Å²) in [5.41, 5.74) is 6.02. The molecule has 1 aromatic rings. The number of amides is 1. The fraction of sp³-hybridized carbons (Fsp3) is 0.500. The number of benzene rings is 1. The Balaban J connectivity index is 2.08. The van der Waals surface area contributed by atoms with Crippen molar-refractivity contribution >= 4 is 17.5 Å². The maximum atomic E-state index is 13.0. The molecule has 1 aliphatic carbocycles. The summed E-state index contributed by atoms with van der Waals surface area (Å²) in [6.45, 7) is 1.81. The molecule has 0 bridgehead atoms. The Bertz CT molecular complexity index is 486. The van der Waals surface area contributed by atoms with Crippen molar-refractivity contribution in [2.75, 3.05) is 0 Å². The molecular formula is C14H18ClFN2O. The van der Waals surface area contributed by atoms with Crippen molar-refractivity contribution in [2.45, 2.75) is 44.2 Å². The van der Waals surface area contributed by atoms with Crippen molar-refractivity contribution in [1.82, 2.24) is 5.32 Å². The third-order valence-corrected chi connectivity index (χ3v) is 4.05. The van der Waals surface area contributed by atoms with Crippen LogP contribution in [0, 0.1) is 5.82 Å². The minimum atomic E-state index is -0.763. The summed E-state index contributed by atoms with van der Waals surface area (Å²) in [5, 5.41) is 3.18. The van der Waals surface area contributed by atoms with Crippen LogP contribution in [0.2, 0.25) is 5.02 Å². The molecule has 2 rings (SSSR count). The quantitative estimate of drug-likeness (QED) is 0.897.